The van der Waals surface area contributed by atoms with Crippen LogP contribution in [-0.4, -0.2) is 45.0 Å². The van der Waals surface area contributed by atoms with E-state index in [1.807, 2.05) is 6.07 Å². The van der Waals surface area contributed by atoms with Crippen LogP contribution in [0.2, 0.25) is 0 Å². The fourth-order valence-electron chi connectivity index (χ4n) is 2.59. The molecule has 0 saturated carbocycles. The Morgan fingerprint density at radius 3 is 2.70 bits per heavy atom. The van der Waals surface area contributed by atoms with Crippen LogP contribution in [0.1, 0.15) is 11.6 Å². The standard InChI is InChI=1S/C15H15N3O4S/c16-10(8-4-2-1-3-5-8)12(19)17-11-13(20)18-9(15(21)22)6-7-23-14(11)18/h1-6,10-11,14H,7,16H2,(H,17,19)(H,21,22)/t10?,11-,14+/m1/s1. The highest BCUT2D eigenvalue weighted by Gasteiger charge is 2.52. The van der Waals surface area contributed by atoms with E-state index in [1.54, 1.807) is 24.3 Å². The highest BCUT2D eigenvalue weighted by molar-refractivity contribution is 8.00. The lowest BCUT2D eigenvalue weighted by Gasteiger charge is -2.48. The molecule has 1 aromatic carbocycles. The van der Waals surface area contributed by atoms with Crippen molar-refractivity contribution < 1.29 is 19.5 Å². The number of hydrogen-bond donors (Lipinski definition) is 3. The number of benzene rings is 1. The van der Waals surface area contributed by atoms with Gasteiger partial charge in [0.2, 0.25) is 5.91 Å². The van der Waals surface area contributed by atoms with Crippen molar-refractivity contribution in [3.63, 3.8) is 0 Å². The number of carbonyl (C=O) groups is 3. The van der Waals surface area contributed by atoms with Gasteiger partial charge >= 0.3 is 5.97 Å². The van der Waals surface area contributed by atoms with Crippen LogP contribution in [0.15, 0.2) is 42.1 Å². The lowest BCUT2D eigenvalue weighted by atomic mass is 10.0. The van der Waals surface area contributed by atoms with Gasteiger partial charge in [-0.2, -0.15) is 0 Å². The van der Waals surface area contributed by atoms with E-state index in [9.17, 15) is 14.4 Å². The number of fused-ring (bicyclic) bond motifs is 1. The largest absolute Gasteiger partial charge is 0.477 e. The second-order valence-electron chi connectivity index (χ2n) is 5.20. The van der Waals surface area contributed by atoms with Crippen molar-refractivity contribution in [3.8, 4) is 0 Å². The first-order valence-electron chi connectivity index (χ1n) is 6.99. The molecule has 0 aliphatic carbocycles. The summed E-state index contributed by atoms with van der Waals surface area (Å²) in [6, 6.07) is 7.23. The van der Waals surface area contributed by atoms with Gasteiger partial charge in [-0.15, -0.1) is 11.8 Å². The van der Waals surface area contributed by atoms with Crippen LogP contribution in [0.3, 0.4) is 0 Å². The van der Waals surface area contributed by atoms with E-state index in [2.05, 4.69) is 5.32 Å². The van der Waals surface area contributed by atoms with Gasteiger partial charge < -0.3 is 16.2 Å². The summed E-state index contributed by atoms with van der Waals surface area (Å²) in [5.74, 6) is -1.55. The lowest BCUT2D eigenvalue weighted by molar-refractivity contribution is -0.150. The zero-order valence-electron chi connectivity index (χ0n) is 12.0. The van der Waals surface area contributed by atoms with E-state index in [0.29, 0.717) is 11.3 Å². The van der Waals surface area contributed by atoms with E-state index < -0.39 is 35.2 Å². The molecule has 2 heterocycles. The number of nitrogens with zero attached hydrogens (tertiary/aromatic N) is 1. The third kappa shape index (κ3) is 2.71. The van der Waals surface area contributed by atoms with Crippen molar-refractivity contribution in [1.29, 1.82) is 0 Å². The van der Waals surface area contributed by atoms with Gasteiger partial charge in [0.25, 0.3) is 5.91 Å². The Bertz CT molecular complexity index is 691. The Morgan fingerprint density at radius 2 is 2.04 bits per heavy atom. The number of aliphatic carboxylic acids is 1. The van der Waals surface area contributed by atoms with Crippen molar-refractivity contribution in [2.45, 2.75) is 17.5 Å². The number of β-lactam (4-membered cyclic amide) rings is 1. The van der Waals surface area contributed by atoms with E-state index in [4.69, 9.17) is 10.8 Å². The fraction of sp³-hybridized carbons (Fsp3) is 0.267. The smallest absolute Gasteiger partial charge is 0.352 e. The molecule has 3 atom stereocenters. The van der Waals surface area contributed by atoms with Crippen LogP contribution in [0.25, 0.3) is 0 Å². The first-order chi connectivity index (χ1) is 11.0. The molecule has 1 fully saturated rings. The lowest BCUT2D eigenvalue weighted by Crippen LogP contribution is -2.70. The Morgan fingerprint density at radius 1 is 1.35 bits per heavy atom. The van der Waals surface area contributed by atoms with Gasteiger partial charge in [0.05, 0.1) is 0 Å². The number of hydrogen-bond acceptors (Lipinski definition) is 5. The second kappa shape index (κ2) is 6.05. The number of carboxylic acids is 1. The fourth-order valence-corrected chi connectivity index (χ4v) is 3.79. The van der Waals surface area contributed by atoms with Gasteiger partial charge in [-0.3, -0.25) is 14.5 Å². The highest BCUT2D eigenvalue weighted by atomic mass is 32.2. The van der Waals surface area contributed by atoms with Crippen LogP contribution in [0.4, 0.5) is 0 Å². The molecule has 8 heteroatoms. The van der Waals surface area contributed by atoms with Gasteiger partial charge in [0.15, 0.2) is 0 Å². The summed E-state index contributed by atoms with van der Waals surface area (Å²) in [5.41, 5.74) is 6.52. The number of carboxylic acid groups (broad SMARTS) is 1. The van der Waals surface area contributed by atoms with Gasteiger partial charge in [-0.25, -0.2) is 4.79 Å². The second-order valence-corrected chi connectivity index (χ2v) is 6.35. The molecule has 2 aliphatic heterocycles. The summed E-state index contributed by atoms with van der Waals surface area (Å²) < 4.78 is 0. The average Bonchev–Trinajstić information content (AvgIpc) is 2.58. The van der Waals surface area contributed by atoms with Crippen LogP contribution in [-0.2, 0) is 14.4 Å². The molecule has 0 radical (unpaired) electrons. The molecule has 1 unspecified atom stereocenters. The van der Waals surface area contributed by atoms with Crippen molar-refractivity contribution in [1.82, 2.24) is 10.2 Å². The Labute approximate surface area is 136 Å². The molecular formula is C15H15N3O4S. The molecule has 120 valence electrons. The Hall–Kier alpha value is -2.32. The minimum Gasteiger partial charge on any atom is -0.477 e. The zero-order chi connectivity index (χ0) is 16.6. The zero-order valence-corrected chi connectivity index (χ0v) is 12.8. The molecule has 4 N–H and O–H groups in total. The quantitative estimate of drug-likeness (QED) is 0.671. The predicted octanol–water partition coefficient (Wildman–Crippen LogP) is 0.0548. The average molecular weight is 333 g/mol. The molecule has 0 aromatic heterocycles. The topological polar surface area (TPSA) is 113 Å². The third-order valence-corrected chi connectivity index (χ3v) is 4.99. The maximum Gasteiger partial charge on any atom is 0.352 e. The number of nitrogens with one attached hydrogen (secondary N) is 1. The molecule has 23 heavy (non-hydrogen) atoms. The monoisotopic (exact) mass is 333 g/mol. The first kappa shape index (κ1) is 15.6. The van der Waals surface area contributed by atoms with Crippen molar-refractivity contribution in [2.75, 3.05) is 5.75 Å². The van der Waals surface area contributed by atoms with Gasteiger partial charge in [-0.1, -0.05) is 30.3 Å². The predicted molar refractivity (Wildman–Crippen MR) is 84.1 cm³/mol. The SMILES string of the molecule is NC(C(=O)N[C@@H]1C(=O)N2C(C(=O)O)=CCS[C@@H]12)c1ccccc1. The number of nitrogens with two attached hydrogens (primary N) is 1. The first-order valence-corrected chi connectivity index (χ1v) is 8.04. The minimum absolute atomic E-state index is 0.0309. The maximum absolute atomic E-state index is 12.2. The molecule has 1 aromatic rings. The number of thioether (sulfide) groups is 1. The van der Waals surface area contributed by atoms with E-state index in [1.165, 1.54) is 22.7 Å². The summed E-state index contributed by atoms with van der Waals surface area (Å²) in [4.78, 5) is 36.7. The molecule has 0 spiro atoms. The van der Waals surface area contributed by atoms with Crippen LogP contribution >= 0.6 is 11.8 Å². The van der Waals surface area contributed by atoms with Crippen LogP contribution < -0.4 is 11.1 Å². The van der Waals surface area contributed by atoms with E-state index in [-0.39, 0.29) is 5.70 Å². The normalized spacial score (nSPS) is 24.1. The van der Waals surface area contributed by atoms with E-state index >= 15 is 0 Å². The summed E-state index contributed by atoms with van der Waals surface area (Å²) in [5, 5.41) is 11.3. The molecule has 3 rings (SSSR count). The van der Waals surface area contributed by atoms with Crippen LogP contribution in [0, 0.1) is 0 Å². The molecule has 1 saturated heterocycles. The van der Waals surface area contributed by atoms with Crippen molar-refractivity contribution in [3.05, 3.63) is 47.7 Å². The number of rotatable bonds is 4. The summed E-state index contributed by atoms with van der Waals surface area (Å²) in [6.07, 6.45) is 1.50. The Kier molecular flexibility index (Phi) is 4.10. The molecular weight excluding hydrogens is 318 g/mol. The molecule has 2 amide bonds. The number of amides is 2. The van der Waals surface area contributed by atoms with Crippen LogP contribution in [0.5, 0.6) is 0 Å². The van der Waals surface area contributed by atoms with Gasteiger partial charge in [-0.05, 0) is 11.6 Å². The number of carbonyl (C=O) groups excluding carboxylic acids is 2. The molecule has 7 nitrogen and oxygen atoms in total. The summed E-state index contributed by atoms with van der Waals surface area (Å²) in [7, 11) is 0. The highest BCUT2D eigenvalue weighted by Crippen LogP contribution is 2.37. The molecule has 2 aliphatic rings. The van der Waals surface area contributed by atoms with Gasteiger partial charge in [0, 0.05) is 5.75 Å². The van der Waals surface area contributed by atoms with Crippen molar-refractivity contribution >= 4 is 29.5 Å². The Balaban J connectivity index is 1.68. The van der Waals surface area contributed by atoms with E-state index in [0.717, 1.165) is 0 Å². The van der Waals surface area contributed by atoms with Crippen molar-refractivity contribution in [2.24, 2.45) is 5.73 Å². The third-order valence-electron chi connectivity index (χ3n) is 3.80. The van der Waals surface area contributed by atoms with Gasteiger partial charge in [0.1, 0.15) is 23.2 Å². The molecule has 0 bridgehead atoms. The maximum atomic E-state index is 12.2. The minimum atomic E-state index is -1.14. The summed E-state index contributed by atoms with van der Waals surface area (Å²) in [6.45, 7) is 0. The summed E-state index contributed by atoms with van der Waals surface area (Å²) >= 11 is 1.41.